The molecule has 1 rings (SSSR count). The molecule has 0 unspecified atom stereocenters. The number of nitrogen functional groups attached to an aromatic ring is 1. The summed E-state index contributed by atoms with van der Waals surface area (Å²) in [4.78, 5) is 3.53. The van der Waals surface area contributed by atoms with Crippen LogP contribution in [-0.4, -0.2) is 16.5 Å². The number of hydrogen-bond acceptors (Lipinski definition) is 5. The number of rotatable bonds is 3. The van der Waals surface area contributed by atoms with Crippen molar-refractivity contribution in [1.82, 2.24) is 4.98 Å². The first-order valence-corrected chi connectivity index (χ1v) is 4.22. The molecule has 0 amide bonds. The van der Waals surface area contributed by atoms with Crippen molar-refractivity contribution in [3.8, 4) is 5.75 Å². The molecule has 1 aromatic heterocycles. The van der Waals surface area contributed by atoms with Gasteiger partial charge in [-0.3, -0.25) is 4.98 Å². The number of ether oxygens (including phenoxy) is 1. The van der Waals surface area contributed by atoms with E-state index in [0.717, 1.165) is 6.20 Å². The van der Waals surface area contributed by atoms with Gasteiger partial charge in [0, 0.05) is 12.1 Å². The number of halogens is 3. The number of nitrogens with two attached hydrogens (primary N) is 2. The Kier molecular flexibility index (Phi) is 3.55. The van der Waals surface area contributed by atoms with Gasteiger partial charge < -0.3 is 21.3 Å². The van der Waals surface area contributed by atoms with E-state index in [1.54, 1.807) is 0 Å². The minimum absolute atomic E-state index is 0.0311. The first-order valence-electron chi connectivity index (χ1n) is 4.22. The van der Waals surface area contributed by atoms with Crippen LogP contribution in [0.25, 0.3) is 0 Å². The van der Waals surface area contributed by atoms with E-state index in [1.165, 1.54) is 0 Å². The smallest absolute Gasteiger partial charge is 0.404 e. The highest BCUT2D eigenvalue weighted by atomic mass is 19.4. The van der Waals surface area contributed by atoms with Crippen LogP contribution in [-0.2, 0) is 13.2 Å². The molecule has 0 spiro atoms. The number of nitrogens with zero attached hydrogens (tertiary/aromatic N) is 1. The van der Waals surface area contributed by atoms with Gasteiger partial charge in [-0.2, -0.15) is 0 Å². The molecular formula is C8H10F3N3O2. The van der Waals surface area contributed by atoms with Crippen molar-refractivity contribution in [2.24, 2.45) is 5.73 Å². The van der Waals surface area contributed by atoms with Crippen LogP contribution in [0.4, 0.5) is 18.9 Å². The maximum atomic E-state index is 12.0. The van der Waals surface area contributed by atoms with E-state index in [2.05, 4.69) is 9.72 Å². The molecule has 0 aliphatic rings. The van der Waals surface area contributed by atoms with Crippen molar-refractivity contribution in [2.45, 2.75) is 19.5 Å². The number of anilines is 1. The Labute approximate surface area is 88.8 Å². The summed E-state index contributed by atoms with van der Waals surface area (Å²) in [6, 6.07) is 0. The summed E-state index contributed by atoms with van der Waals surface area (Å²) in [5.74, 6) is -0.551. The lowest BCUT2D eigenvalue weighted by Gasteiger charge is -2.15. The fourth-order valence-electron chi connectivity index (χ4n) is 1.14. The van der Waals surface area contributed by atoms with Gasteiger partial charge in [0.05, 0.1) is 24.2 Å². The molecule has 0 aliphatic heterocycles. The van der Waals surface area contributed by atoms with Crippen LogP contribution in [0.15, 0.2) is 6.20 Å². The minimum atomic E-state index is -4.83. The summed E-state index contributed by atoms with van der Waals surface area (Å²) < 4.78 is 39.7. The van der Waals surface area contributed by atoms with Crippen molar-refractivity contribution in [3.05, 3.63) is 17.5 Å². The first kappa shape index (κ1) is 12.5. The van der Waals surface area contributed by atoms with E-state index in [-0.39, 0.29) is 23.5 Å². The Balaban J connectivity index is 3.16. The number of aliphatic hydroxyl groups excluding tert-OH is 1. The monoisotopic (exact) mass is 237 g/mol. The number of alkyl halides is 3. The summed E-state index contributed by atoms with van der Waals surface area (Å²) in [5.41, 5.74) is 10.7. The van der Waals surface area contributed by atoms with Crippen LogP contribution in [0.1, 0.15) is 11.3 Å². The Morgan fingerprint density at radius 3 is 2.50 bits per heavy atom. The topological polar surface area (TPSA) is 94.4 Å². The predicted molar refractivity (Wildman–Crippen MR) is 49.1 cm³/mol. The molecular weight excluding hydrogens is 227 g/mol. The largest absolute Gasteiger partial charge is 0.573 e. The van der Waals surface area contributed by atoms with E-state index in [9.17, 15) is 13.2 Å². The summed E-state index contributed by atoms with van der Waals surface area (Å²) >= 11 is 0. The molecule has 0 aliphatic carbocycles. The highest BCUT2D eigenvalue weighted by Crippen LogP contribution is 2.30. The fourth-order valence-corrected chi connectivity index (χ4v) is 1.14. The molecule has 0 aromatic carbocycles. The molecule has 1 aromatic rings. The standard InChI is InChI=1S/C8H10F3N3O2/c9-8(10,11)16-6-2-14-5(3-15)7(13)4(6)1-12/h2,15H,1,3,12-13H2. The maximum absolute atomic E-state index is 12.0. The SMILES string of the molecule is NCc1c(OC(F)(F)F)cnc(CO)c1N. The lowest BCUT2D eigenvalue weighted by atomic mass is 10.1. The van der Waals surface area contributed by atoms with Crippen LogP contribution in [0.5, 0.6) is 5.75 Å². The zero-order valence-electron chi connectivity index (χ0n) is 8.08. The van der Waals surface area contributed by atoms with Gasteiger partial charge in [0.15, 0.2) is 5.75 Å². The van der Waals surface area contributed by atoms with Gasteiger partial charge in [-0.15, -0.1) is 13.2 Å². The lowest BCUT2D eigenvalue weighted by molar-refractivity contribution is -0.275. The van der Waals surface area contributed by atoms with Crippen molar-refractivity contribution in [2.75, 3.05) is 5.73 Å². The van der Waals surface area contributed by atoms with Gasteiger partial charge in [0.25, 0.3) is 0 Å². The third kappa shape index (κ3) is 2.74. The van der Waals surface area contributed by atoms with Gasteiger partial charge in [-0.05, 0) is 0 Å². The van der Waals surface area contributed by atoms with E-state index in [1.807, 2.05) is 0 Å². The third-order valence-electron chi connectivity index (χ3n) is 1.85. The molecule has 0 bridgehead atoms. The Hall–Kier alpha value is -1.54. The zero-order chi connectivity index (χ0) is 12.3. The second-order valence-electron chi connectivity index (χ2n) is 2.87. The average molecular weight is 237 g/mol. The number of hydrogen-bond donors (Lipinski definition) is 3. The summed E-state index contributed by atoms with van der Waals surface area (Å²) in [6.45, 7) is -0.724. The molecule has 8 heteroatoms. The molecule has 0 radical (unpaired) electrons. The normalized spacial score (nSPS) is 11.6. The lowest BCUT2D eigenvalue weighted by Crippen LogP contribution is -2.20. The Morgan fingerprint density at radius 2 is 2.06 bits per heavy atom. The van der Waals surface area contributed by atoms with E-state index < -0.39 is 18.7 Å². The molecule has 0 saturated heterocycles. The van der Waals surface area contributed by atoms with Crippen molar-refractivity contribution < 1.29 is 23.0 Å². The molecule has 5 N–H and O–H groups in total. The highest BCUT2D eigenvalue weighted by molar-refractivity contribution is 5.56. The molecule has 0 fully saturated rings. The average Bonchev–Trinajstić information content (AvgIpc) is 2.16. The van der Waals surface area contributed by atoms with Crippen LogP contribution >= 0.6 is 0 Å². The third-order valence-corrected chi connectivity index (χ3v) is 1.85. The van der Waals surface area contributed by atoms with Crippen molar-refractivity contribution in [1.29, 1.82) is 0 Å². The molecule has 90 valence electrons. The predicted octanol–water partition coefficient (Wildman–Crippen LogP) is 0.513. The minimum Gasteiger partial charge on any atom is -0.404 e. The van der Waals surface area contributed by atoms with Gasteiger partial charge in [0.2, 0.25) is 0 Å². The number of pyridine rings is 1. The highest BCUT2D eigenvalue weighted by Gasteiger charge is 2.32. The van der Waals surface area contributed by atoms with Gasteiger partial charge >= 0.3 is 6.36 Å². The first-order chi connectivity index (χ1) is 7.39. The summed E-state index contributed by atoms with van der Waals surface area (Å²) in [7, 11) is 0. The number of aromatic nitrogens is 1. The van der Waals surface area contributed by atoms with Crippen LogP contribution in [0.2, 0.25) is 0 Å². The van der Waals surface area contributed by atoms with Crippen molar-refractivity contribution >= 4 is 5.69 Å². The molecule has 16 heavy (non-hydrogen) atoms. The Bertz CT molecular complexity index is 382. The second kappa shape index (κ2) is 4.54. The molecule has 5 nitrogen and oxygen atoms in total. The summed E-state index contributed by atoms with van der Waals surface area (Å²) in [6.07, 6.45) is -4.00. The Morgan fingerprint density at radius 1 is 1.44 bits per heavy atom. The van der Waals surface area contributed by atoms with Crippen LogP contribution in [0.3, 0.4) is 0 Å². The second-order valence-corrected chi connectivity index (χ2v) is 2.87. The summed E-state index contributed by atoms with van der Waals surface area (Å²) in [5, 5.41) is 8.82. The van der Waals surface area contributed by atoms with Crippen LogP contribution < -0.4 is 16.2 Å². The fraction of sp³-hybridized carbons (Fsp3) is 0.375. The number of aliphatic hydroxyl groups is 1. The van der Waals surface area contributed by atoms with E-state index in [4.69, 9.17) is 16.6 Å². The molecule has 1 heterocycles. The van der Waals surface area contributed by atoms with Crippen LogP contribution in [0, 0.1) is 0 Å². The van der Waals surface area contributed by atoms with Gasteiger partial charge in [0.1, 0.15) is 0 Å². The quantitative estimate of drug-likeness (QED) is 0.712. The maximum Gasteiger partial charge on any atom is 0.573 e. The van der Waals surface area contributed by atoms with Gasteiger partial charge in [-0.25, -0.2) is 0 Å². The van der Waals surface area contributed by atoms with E-state index >= 15 is 0 Å². The molecule has 0 atom stereocenters. The molecule has 0 saturated carbocycles. The van der Waals surface area contributed by atoms with Crippen molar-refractivity contribution in [3.63, 3.8) is 0 Å². The zero-order valence-corrected chi connectivity index (χ0v) is 8.08. The van der Waals surface area contributed by atoms with Gasteiger partial charge in [-0.1, -0.05) is 0 Å². The van der Waals surface area contributed by atoms with E-state index in [0.29, 0.717) is 0 Å².